The fourth-order valence-corrected chi connectivity index (χ4v) is 4.20. The molecule has 3 N–H and O–H groups in total. The molecule has 31 heavy (non-hydrogen) atoms. The molecule has 0 unspecified atom stereocenters. The zero-order valence-corrected chi connectivity index (χ0v) is 16.8. The number of aromatic amines is 1. The van der Waals surface area contributed by atoms with Crippen molar-refractivity contribution in [2.75, 3.05) is 23.8 Å². The van der Waals surface area contributed by atoms with Gasteiger partial charge in [0, 0.05) is 46.8 Å². The number of anilines is 2. The van der Waals surface area contributed by atoms with Crippen molar-refractivity contribution in [3.63, 3.8) is 0 Å². The van der Waals surface area contributed by atoms with Crippen LogP contribution in [-0.2, 0) is 4.79 Å². The number of pyridine rings is 2. The highest BCUT2D eigenvalue weighted by atomic mass is 16.5. The molecule has 0 spiro atoms. The second-order valence-corrected chi connectivity index (χ2v) is 7.70. The van der Waals surface area contributed by atoms with Gasteiger partial charge in [0.15, 0.2) is 0 Å². The van der Waals surface area contributed by atoms with Crippen molar-refractivity contribution in [1.29, 1.82) is 0 Å². The first-order valence-electron chi connectivity index (χ1n) is 10.2. The lowest BCUT2D eigenvalue weighted by Crippen LogP contribution is -2.20. The van der Waals surface area contributed by atoms with Crippen molar-refractivity contribution in [2.24, 2.45) is 0 Å². The van der Waals surface area contributed by atoms with Gasteiger partial charge < -0.3 is 20.4 Å². The normalized spacial score (nSPS) is 15.9. The van der Waals surface area contributed by atoms with Gasteiger partial charge in [-0.1, -0.05) is 18.2 Å². The molecule has 0 bridgehead atoms. The van der Waals surface area contributed by atoms with E-state index in [9.17, 15) is 4.79 Å². The number of carbonyl (C=O) groups excluding carboxylic acids is 1. The molecule has 5 heterocycles. The third kappa shape index (κ3) is 2.85. The van der Waals surface area contributed by atoms with Crippen molar-refractivity contribution in [1.82, 2.24) is 15.0 Å². The minimum absolute atomic E-state index is 0.159. The monoisotopic (exact) mass is 409 g/mol. The highest BCUT2D eigenvalue weighted by Gasteiger charge is 2.27. The summed E-state index contributed by atoms with van der Waals surface area (Å²) in [5.41, 5.74) is 7.08. The zero-order valence-electron chi connectivity index (χ0n) is 16.8. The van der Waals surface area contributed by atoms with Crippen LogP contribution < -0.4 is 15.4 Å². The number of fused-ring (bicyclic) bond motifs is 3. The first-order chi connectivity index (χ1) is 15.2. The molecule has 2 aliphatic heterocycles. The van der Waals surface area contributed by atoms with Gasteiger partial charge in [0.2, 0.25) is 5.88 Å². The number of amides is 1. The largest absolute Gasteiger partial charge is 0.474 e. The second-order valence-electron chi connectivity index (χ2n) is 7.70. The summed E-state index contributed by atoms with van der Waals surface area (Å²) >= 11 is 0. The fraction of sp³-hybridized carbons (Fsp3) is 0.125. The maximum absolute atomic E-state index is 12.7. The van der Waals surface area contributed by atoms with E-state index in [1.807, 2.05) is 49.4 Å². The highest BCUT2D eigenvalue weighted by molar-refractivity contribution is 6.34. The Bertz CT molecular complexity index is 1370. The summed E-state index contributed by atoms with van der Waals surface area (Å²) in [5.74, 6) is 1.03. The number of H-pyrrole nitrogens is 1. The zero-order chi connectivity index (χ0) is 20.9. The number of para-hydroxylation sites is 1. The van der Waals surface area contributed by atoms with Crippen LogP contribution in [0.25, 0.3) is 33.7 Å². The Labute approximate surface area is 178 Å². The van der Waals surface area contributed by atoms with Crippen LogP contribution in [0.1, 0.15) is 16.8 Å². The molecule has 152 valence electrons. The number of carbonyl (C=O) groups is 1. The van der Waals surface area contributed by atoms with Gasteiger partial charge in [0.1, 0.15) is 18.1 Å². The maximum Gasteiger partial charge on any atom is 0.257 e. The van der Waals surface area contributed by atoms with E-state index in [2.05, 4.69) is 25.6 Å². The van der Waals surface area contributed by atoms with Gasteiger partial charge in [-0.15, -0.1) is 0 Å². The summed E-state index contributed by atoms with van der Waals surface area (Å²) in [5, 5.41) is 7.33. The van der Waals surface area contributed by atoms with Crippen LogP contribution >= 0.6 is 0 Å². The van der Waals surface area contributed by atoms with E-state index in [4.69, 9.17) is 4.74 Å². The quantitative estimate of drug-likeness (QED) is 0.431. The minimum Gasteiger partial charge on any atom is -0.474 e. The van der Waals surface area contributed by atoms with E-state index in [1.165, 1.54) is 0 Å². The Hall–Kier alpha value is -4.13. The Kier molecular flexibility index (Phi) is 3.83. The lowest BCUT2D eigenvalue weighted by atomic mass is 9.99. The Balaban J connectivity index is 1.45. The number of ether oxygens (including phenoxy) is 1. The summed E-state index contributed by atoms with van der Waals surface area (Å²) in [6, 6.07) is 12.1. The Morgan fingerprint density at radius 2 is 2.00 bits per heavy atom. The van der Waals surface area contributed by atoms with E-state index in [-0.39, 0.29) is 5.91 Å². The van der Waals surface area contributed by atoms with Crippen LogP contribution in [0.2, 0.25) is 0 Å². The van der Waals surface area contributed by atoms with Crippen molar-refractivity contribution in [3.05, 3.63) is 65.6 Å². The molecule has 7 heteroatoms. The van der Waals surface area contributed by atoms with Crippen LogP contribution in [0, 0.1) is 6.92 Å². The number of nitrogens with zero attached hydrogens (tertiary/aromatic N) is 2. The SMILES string of the molecule is Cc1c(-c2cnc3c(c2)C(=Cc2cc4ccccc4[nH]2)C(=O)N3)cnc2c1NCCO2. The van der Waals surface area contributed by atoms with Crippen LogP contribution in [0.4, 0.5) is 11.5 Å². The van der Waals surface area contributed by atoms with E-state index in [0.717, 1.165) is 51.1 Å². The molecule has 0 atom stereocenters. The molecule has 1 amide bonds. The van der Waals surface area contributed by atoms with Crippen molar-refractivity contribution < 1.29 is 9.53 Å². The lowest BCUT2D eigenvalue weighted by molar-refractivity contribution is -0.110. The van der Waals surface area contributed by atoms with Crippen molar-refractivity contribution >= 4 is 40.0 Å². The van der Waals surface area contributed by atoms with Crippen LogP contribution in [0.5, 0.6) is 5.88 Å². The average molecular weight is 409 g/mol. The third-order valence-corrected chi connectivity index (χ3v) is 5.76. The minimum atomic E-state index is -0.159. The molecular formula is C24H19N5O2. The van der Waals surface area contributed by atoms with E-state index in [0.29, 0.717) is 23.9 Å². The Morgan fingerprint density at radius 3 is 2.90 bits per heavy atom. The predicted molar refractivity (Wildman–Crippen MR) is 121 cm³/mol. The van der Waals surface area contributed by atoms with E-state index in [1.54, 1.807) is 12.4 Å². The summed E-state index contributed by atoms with van der Waals surface area (Å²) in [7, 11) is 0. The summed E-state index contributed by atoms with van der Waals surface area (Å²) in [4.78, 5) is 25.0. The molecule has 0 fully saturated rings. The molecule has 4 aromatic rings. The van der Waals surface area contributed by atoms with Gasteiger partial charge >= 0.3 is 0 Å². The molecule has 1 aromatic carbocycles. The molecule has 6 rings (SSSR count). The first kappa shape index (κ1) is 17.7. The van der Waals surface area contributed by atoms with Gasteiger partial charge in [-0.25, -0.2) is 9.97 Å². The molecule has 0 saturated heterocycles. The van der Waals surface area contributed by atoms with Gasteiger partial charge in [-0.3, -0.25) is 4.79 Å². The second kappa shape index (κ2) is 6.70. The summed E-state index contributed by atoms with van der Waals surface area (Å²) in [6.07, 6.45) is 5.45. The molecule has 0 radical (unpaired) electrons. The predicted octanol–water partition coefficient (Wildman–Crippen LogP) is 4.23. The molecule has 3 aromatic heterocycles. The first-order valence-corrected chi connectivity index (χ1v) is 10.2. The summed E-state index contributed by atoms with van der Waals surface area (Å²) < 4.78 is 5.64. The smallest absolute Gasteiger partial charge is 0.257 e. The van der Waals surface area contributed by atoms with Crippen LogP contribution in [0.3, 0.4) is 0 Å². The number of aromatic nitrogens is 3. The van der Waals surface area contributed by atoms with Crippen molar-refractivity contribution in [3.8, 4) is 17.0 Å². The third-order valence-electron chi connectivity index (χ3n) is 5.76. The molecule has 0 aliphatic carbocycles. The Morgan fingerprint density at radius 1 is 1.10 bits per heavy atom. The van der Waals surface area contributed by atoms with Crippen LogP contribution in [0.15, 0.2) is 48.8 Å². The molecular weight excluding hydrogens is 390 g/mol. The van der Waals surface area contributed by atoms with Gasteiger partial charge in [-0.2, -0.15) is 0 Å². The topological polar surface area (TPSA) is 91.9 Å². The van der Waals surface area contributed by atoms with E-state index >= 15 is 0 Å². The van der Waals surface area contributed by atoms with E-state index < -0.39 is 0 Å². The van der Waals surface area contributed by atoms with Gasteiger partial charge in [0.05, 0.1) is 5.57 Å². The number of hydrogen-bond acceptors (Lipinski definition) is 5. The van der Waals surface area contributed by atoms with Crippen LogP contribution in [-0.4, -0.2) is 34.0 Å². The van der Waals surface area contributed by atoms with Crippen molar-refractivity contribution in [2.45, 2.75) is 6.92 Å². The number of rotatable bonds is 2. The number of benzene rings is 1. The standard InChI is InChI=1S/C24H19N5O2/c1-13-19(12-27-24-21(13)25-6-7-31-24)15-9-17-18(23(30)29-22(17)26-11-15)10-16-8-14-4-2-3-5-20(14)28-16/h2-5,8-12,25,28H,6-7H2,1H3,(H,26,29,30). The van der Waals surface area contributed by atoms with Gasteiger partial charge in [-0.05, 0) is 42.1 Å². The molecule has 2 aliphatic rings. The number of hydrogen-bond donors (Lipinski definition) is 3. The lowest BCUT2D eigenvalue weighted by Gasteiger charge is -2.21. The van der Waals surface area contributed by atoms with Gasteiger partial charge in [0.25, 0.3) is 5.91 Å². The molecule has 7 nitrogen and oxygen atoms in total. The average Bonchev–Trinajstić information content (AvgIpc) is 3.34. The highest BCUT2D eigenvalue weighted by Crippen LogP contribution is 2.38. The fourth-order valence-electron chi connectivity index (χ4n) is 4.20. The summed E-state index contributed by atoms with van der Waals surface area (Å²) in [6.45, 7) is 3.39. The number of nitrogens with one attached hydrogen (secondary N) is 3. The maximum atomic E-state index is 12.7. The molecule has 0 saturated carbocycles.